The minimum absolute atomic E-state index is 0.0272. The second-order valence-corrected chi connectivity index (χ2v) is 7.08. The second kappa shape index (κ2) is 6.71. The van der Waals surface area contributed by atoms with Crippen LogP contribution in [0.2, 0.25) is 0 Å². The number of rotatable bonds is 3. The fourth-order valence-corrected chi connectivity index (χ4v) is 3.57. The van der Waals surface area contributed by atoms with E-state index in [1.807, 2.05) is 4.90 Å². The molecule has 2 amide bonds. The smallest absolute Gasteiger partial charge is 0.318 e. The zero-order chi connectivity index (χ0) is 17.3. The lowest BCUT2D eigenvalue weighted by Crippen LogP contribution is -2.48. The molecule has 0 spiro atoms. The summed E-state index contributed by atoms with van der Waals surface area (Å²) in [4.78, 5) is 14.8. The Morgan fingerprint density at radius 3 is 2.50 bits per heavy atom. The molecule has 128 valence electrons. The van der Waals surface area contributed by atoms with Gasteiger partial charge < -0.3 is 14.8 Å². The van der Waals surface area contributed by atoms with Crippen LogP contribution in [0.3, 0.4) is 0 Å². The summed E-state index contributed by atoms with van der Waals surface area (Å²) in [5.74, 6) is 0.378. The zero-order valence-corrected chi connectivity index (χ0v) is 15.0. The molecule has 0 unspecified atom stereocenters. The highest BCUT2D eigenvalue weighted by atomic mass is 16.2. The Hall–Kier alpha value is -2.23. The molecule has 0 aliphatic carbocycles. The van der Waals surface area contributed by atoms with E-state index in [-0.39, 0.29) is 12.1 Å². The molecule has 1 aliphatic rings. The molecule has 0 bridgehead atoms. The first-order valence-electron chi connectivity index (χ1n) is 8.73. The standard InChI is InChI=1S/C20H27N3O/c1-14(2)19-18-10-7-16(4)22(18)11-12-23(19)20(24)21-13-17-8-5-15(3)6-9-17/h5-10,14,19H,11-13H2,1-4H3,(H,21,24)/t19-/m0/s1. The van der Waals surface area contributed by atoms with E-state index in [0.29, 0.717) is 12.5 Å². The number of hydrogen-bond donors (Lipinski definition) is 1. The Bertz CT molecular complexity index is 715. The molecule has 2 heterocycles. The number of aryl methyl sites for hydroxylation is 2. The molecule has 24 heavy (non-hydrogen) atoms. The molecule has 1 N–H and O–H groups in total. The Kier molecular flexibility index (Phi) is 4.65. The van der Waals surface area contributed by atoms with Crippen molar-refractivity contribution >= 4 is 6.03 Å². The number of benzene rings is 1. The molecule has 4 nitrogen and oxygen atoms in total. The van der Waals surface area contributed by atoms with Gasteiger partial charge in [0.2, 0.25) is 0 Å². The van der Waals surface area contributed by atoms with Crippen LogP contribution in [-0.2, 0) is 13.1 Å². The summed E-state index contributed by atoms with van der Waals surface area (Å²) in [6, 6.07) is 12.8. The number of nitrogens with zero attached hydrogens (tertiary/aromatic N) is 2. The summed E-state index contributed by atoms with van der Waals surface area (Å²) in [6.45, 7) is 10.8. The maximum absolute atomic E-state index is 12.8. The van der Waals surface area contributed by atoms with Crippen molar-refractivity contribution in [2.75, 3.05) is 6.54 Å². The minimum Gasteiger partial charge on any atom is -0.345 e. The topological polar surface area (TPSA) is 37.3 Å². The molecule has 0 fully saturated rings. The lowest BCUT2D eigenvalue weighted by molar-refractivity contribution is 0.132. The summed E-state index contributed by atoms with van der Waals surface area (Å²) < 4.78 is 2.34. The maximum atomic E-state index is 12.8. The van der Waals surface area contributed by atoms with Gasteiger partial charge in [0, 0.05) is 31.0 Å². The van der Waals surface area contributed by atoms with Crippen molar-refractivity contribution in [2.45, 2.75) is 46.8 Å². The molecule has 0 radical (unpaired) electrons. The summed E-state index contributed by atoms with van der Waals surface area (Å²) in [5, 5.41) is 3.09. The van der Waals surface area contributed by atoms with Gasteiger partial charge in [-0.25, -0.2) is 4.79 Å². The highest BCUT2D eigenvalue weighted by Gasteiger charge is 2.33. The van der Waals surface area contributed by atoms with Crippen LogP contribution in [-0.4, -0.2) is 22.0 Å². The summed E-state index contributed by atoms with van der Waals surface area (Å²) >= 11 is 0. The molecule has 3 rings (SSSR count). The van der Waals surface area contributed by atoms with Gasteiger partial charge in [-0.2, -0.15) is 0 Å². The SMILES string of the molecule is Cc1ccc(CNC(=O)N2CCn3c(C)ccc3[C@@H]2C(C)C)cc1. The van der Waals surface area contributed by atoms with Crippen molar-refractivity contribution in [1.29, 1.82) is 0 Å². The molecule has 0 saturated heterocycles. The van der Waals surface area contributed by atoms with Crippen LogP contribution in [0.5, 0.6) is 0 Å². The number of hydrogen-bond acceptors (Lipinski definition) is 1. The van der Waals surface area contributed by atoms with Crippen LogP contribution in [0.4, 0.5) is 4.79 Å². The summed E-state index contributed by atoms with van der Waals surface area (Å²) in [5.41, 5.74) is 4.89. The predicted octanol–water partition coefficient (Wildman–Crippen LogP) is 4.03. The lowest BCUT2D eigenvalue weighted by atomic mass is 9.97. The van der Waals surface area contributed by atoms with Crippen LogP contribution >= 0.6 is 0 Å². The Morgan fingerprint density at radius 2 is 1.83 bits per heavy atom. The van der Waals surface area contributed by atoms with Crippen LogP contribution in [0.1, 0.15) is 42.4 Å². The molecule has 1 aromatic heterocycles. The third kappa shape index (κ3) is 3.18. The van der Waals surface area contributed by atoms with Gasteiger partial charge >= 0.3 is 6.03 Å². The third-order valence-corrected chi connectivity index (χ3v) is 4.89. The van der Waals surface area contributed by atoms with E-state index < -0.39 is 0 Å². The number of carbonyl (C=O) groups excluding carboxylic acids is 1. The third-order valence-electron chi connectivity index (χ3n) is 4.89. The van der Waals surface area contributed by atoms with Gasteiger partial charge in [0.05, 0.1) is 6.04 Å². The minimum atomic E-state index is 0.0272. The van der Waals surface area contributed by atoms with Crippen LogP contribution in [0.25, 0.3) is 0 Å². The number of fused-ring (bicyclic) bond motifs is 1. The number of carbonyl (C=O) groups is 1. The lowest BCUT2D eigenvalue weighted by Gasteiger charge is -2.39. The molecule has 2 aromatic rings. The maximum Gasteiger partial charge on any atom is 0.318 e. The predicted molar refractivity (Wildman–Crippen MR) is 96.9 cm³/mol. The number of urea groups is 1. The van der Waals surface area contributed by atoms with Gasteiger partial charge in [-0.1, -0.05) is 43.7 Å². The van der Waals surface area contributed by atoms with E-state index in [0.717, 1.165) is 18.7 Å². The summed E-state index contributed by atoms with van der Waals surface area (Å²) in [6.07, 6.45) is 0. The Morgan fingerprint density at radius 1 is 1.12 bits per heavy atom. The highest BCUT2D eigenvalue weighted by Crippen LogP contribution is 2.33. The first-order chi connectivity index (χ1) is 11.5. The van der Waals surface area contributed by atoms with Gasteiger partial charge in [-0.15, -0.1) is 0 Å². The second-order valence-electron chi connectivity index (χ2n) is 7.08. The van der Waals surface area contributed by atoms with Gasteiger partial charge in [-0.05, 0) is 37.5 Å². The monoisotopic (exact) mass is 325 g/mol. The quantitative estimate of drug-likeness (QED) is 0.909. The normalized spacial score (nSPS) is 17.0. The van der Waals surface area contributed by atoms with Crippen molar-refractivity contribution in [3.8, 4) is 0 Å². The van der Waals surface area contributed by atoms with Crippen LogP contribution in [0.15, 0.2) is 36.4 Å². The van der Waals surface area contributed by atoms with E-state index in [9.17, 15) is 4.79 Å². The van der Waals surface area contributed by atoms with Crippen molar-refractivity contribution in [2.24, 2.45) is 5.92 Å². The van der Waals surface area contributed by atoms with Crippen molar-refractivity contribution in [3.63, 3.8) is 0 Å². The first kappa shape index (κ1) is 16.6. The van der Waals surface area contributed by atoms with E-state index in [4.69, 9.17) is 0 Å². The molecule has 1 atom stereocenters. The zero-order valence-electron chi connectivity index (χ0n) is 15.0. The average molecular weight is 325 g/mol. The van der Waals surface area contributed by atoms with Gasteiger partial charge in [0.15, 0.2) is 0 Å². The van der Waals surface area contributed by atoms with E-state index in [1.165, 1.54) is 17.0 Å². The van der Waals surface area contributed by atoms with E-state index in [1.54, 1.807) is 0 Å². The van der Waals surface area contributed by atoms with Crippen LogP contribution in [0, 0.1) is 19.8 Å². The molecule has 1 aromatic carbocycles. The van der Waals surface area contributed by atoms with Gasteiger partial charge in [0.25, 0.3) is 0 Å². The Balaban J connectivity index is 1.73. The van der Waals surface area contributed by atoms with Gasteiger partial charge in [-0.3, -0.25) is 0 Å². The average Bonchev–Trinajstić information content (AvgIpc) is 2.94. The summed E-state index contributed by atoms with van der Waals surface area (Å²) in [7, 11) is 0. The van der Waals surface area contributed by atoms with E-state index >= 15 is 0 Å². The van der Waals surface area contributed by atoms with E-state index in [2.05, 4.69) is 74.0 Å². The van der Waals surface area contributed by atoms with Crippen molar-refractivity contribution < 1.29 is 4.79 Å². The molecule has 0 saturated carbocycles. The number of amides is 2. The van der Waals surface area contributed by atoms with Crippen LogP contribution < -0.4 is 5.32 Å². The van der Waals surface area contributed by atoms with Crippen molar-refractivity contribution in [3.05, 3.63) is 58.9 Å². The molecular weight excluding hydrogens is 298 g/mol. The Labute approximate surface area is 144 Å². The highest BCUT2D eigenvalue weighted by molar-refractivity contribution is 5.75. The van der Waals surface area contributed by atoms with Crippen molar-refractivity contribution in [1.82, 2.24) is 14.8 Å². The fourth-order valence-electron chi connectivity index (χ4n) is 3.57. The molecule has 1 aliphatic heterocycles. The largest absolute Gasteiger partial charge is 0.345 e. The van der Waals surface area contributed by atoms with Gasteiger partial charge in [0.1, 0.15) is 0 Å². The number of aromatic nitrogens is 1. The molecular formula is C20H27N3O. The fraction of sp³-hybridized carbons (Fsp3) is 0.450. The molecule has 4 heteroatoms. The number of nitrogens with one attached hydrogen (secondary N) is 1. The first-order valence-corrected chi connectivity index (χ1v) is 8.73.